The Morgan fingerprint density at radius 2 is 1.82 bits per heavy atom. The number of nitrogens with one attached hydrogen (secondary N) is 1. The molecule has 1 aromatic heterocycles. The second-order valence-electron chi connectivity index (χ2n) is 6.71. The van der Waals surface area contributed by atoms with Crippen molar-refractivity contribution < 1.29 is 18.8 Å². The van der Waals surface area contributed by atoms with Crippen LogP contribution in [0.1, 0.15) is 38.5 Å². The molecule has 6 nitrogen and oxygen atoms in total. The van der Waals surface area contributed by atoms with Gasteiger partial charge in [0.05, 0.1) is 18.4 Å². The Labute approximate surface area is 164 Å². The van der Waals surface area contributed by atoms with E-state index >= 15 is 0 Å². The molecular formula is C22H24N2O4. The van der Waals surface area contributed by atoms with Crippen LogP contribution < -0.4 is 14.8 Å². The lowest BCUT2D eigenvalue weighted by molar-refractivity contribution is 0.102. The Morgan fingerprint density at radius 3 is 2.46 bits per heavy atom. The molecule has 0 aliphatic rings. The Hall–Kier alpha value is -3.28. The zero-order valence-electron chi connectivity index (χ0n) is 16.8. The predicted molar refractivity (Wildman–Crippen MR) is 107 cm³/mol. The molecule has 0 aliphatic carbocycles. The van der Waals surface area contributed by atoms with E-state index in [-0.39, 0.29) is 5.91 Å². The summed E-state index contributed by atoms with van der Waals surface area (Å²) in [6.07, 6.45) is 0. The van der Waals surface area contributed by atoms with Gasteiger partial charge in [-0.1, -0.05) is 11.2 Å². The molecule has 0 unspecified atom stereocenters. The maximum atomic E-state index is 12.6. The van der Waals surface area contributed by atoms with Gasteiger partial charge in [0.1, 0.15) is 12.4 Å². The summed E-state index contributed by atoms with van der Waals surface area (Å²) in [7, 11) is 1.54. The monoisotopic (exact) mass is 380 g/mol. The number of amides is 1. The number of aromatic nitrogens is 1. The first kappa shape index (κ1) is 19.5. The van der Waals surface area contributed by atoms with Crippen molar-refractivity contribution in [3.05, 3.63) is 70.1 Å². The molecule has 3 aromatic rings. The minimum Gasteiger partial charge on any atom is -0.493 e. The number of anilines is 1. The molecule has 0 saturated heterocycles. The van der Waals surface area contributed by atoms with Gasteiger partial charge in [0, 0.05) is 11.3 Å². The average Bonchev–Trinajstić information content (AvgIpc) is 3.00. The van der Waals surface area contributed by atoms with Crippen molar-refractivity contribution in [2.24, 2.45) is 0 Å². The van der Waals surface area contributed by atoms with Gasteiger partial charge < -0.3 is 19.3 Å². The van der Waals surface area contributed by atoms with Crippen LogP contribution in [-0.2, 0) is 6.61 Å². The summed E-state index contributed by atoms with van der Waals surface area (Å²) in [6, 6.07) is 10.9. The number of nitrogens with zero attached hydrogens (tertiary/aromatic N) is 1. The number of carbonyl (C=O) groups is 1. The Balaban J connectivity index is 1.74. The zero-order chi connectivity index (χ0) is 20.3. The van der Waals surface area contributed by atoms with Gasteiger partial charge in [-0.05, 0) is 69.2 Å². The Kier molecular flexibility index (Phi) is 5.68. The van der Waals surface area contributed by atoms with Gasteiger partial charge in [-0.15, -0.1) is 0 Å². The standard InChI is InChI=1S/C22H24N2O4/c1-13-6-8-18(10-14(13)2)23-22(25)17-7-9-20(21(11-17)26-5)27-12-19-15(3)24-28-16(19)4/h6-11H,12H2,1-5H3,(H,23,25). The Morgan fingerprint density at radius 1 is 1.04 bits per heavy atom. The molecule has 0 saturated carbocycles. The summed E-state index contributed by atoms with van der Waals surface area (Å²) < 4.78 is 16.4. The van der Waals surface area contributed by atoms with Gasteiger partial charge in [-0.25, -0.2) is 0 Å². The molecule has 146 valence electrons. The van der Waals surface area contributed by atoms with Crippen molar-refractivity contribution >= 4 is 11.6 Å². The highest BCUT2D eigenvalue weighted by Crippen LogP contribution is 2.30. The summed E-state index contributed by atoms with van der Waals surface area (Å²) in [6.45, 7) is 8.07. The third-order valence-electron chi connectivity index (χ3n) is 4.74. The fraction of sp³-hybridized carbons (Fsp3) is 0.273. The van der Waals surface area contributed by atoms with E-state index in [2.05, 4.69) is 10.5 Å². The van der Waals surface area contributed by atoms with Gasteiger partial charge in [0.15, 0.2) is 11.5 Å². The molecule has 1 heterocycles. The molecule has 0 bridgehead atoms. The van der Waals surface area contributed by atoms with E-state index in [1.165, 1.54) is 5.56 Å². The van der Waals surface area contributed by atoms with Gasteiger partial charge >= 0.3 is 0 Å². The molecule has 0 fully saturated rings. The molecule has 0 aliphatic heterocycles. The van der Waals surface area contributed by atoms with Crippen LogP contribution in [0, 0.1) is 27.7 Å². The highest BCUT2D eigenvalue weighted by atomic mass is 16.5. The molecule has 2 aromatic carbocycles. The fourth-order valence-electron chi connectivity index (χ4n) is 2.81. The van der Waals surface area contributed by atoms with Crippen LogP contribution in [-0.4, -0.2) is 18.2 Å². The third-order valence-corrected chi connectivity index (χ3v) is 4.74. The van der Waals surface area contributed by atoms with Gasteiger partial charge in [0.2, 0.25) is 0 Å². The van der Waals surface area contributed by atoms with Crippen LogP contribution >= 0.6 is 0 Å². The van der Waals surface area contributed by atoms with Crippen LogP contribution in [0.3, 0.4) is 0 Å². The lowest BCUT2D eigenvalue weighted by atomic mass is 10.1. The van der Waals surface area contributed by atoms with Gasteiger partial charge in [-0.3, -0.25) is 4.79 Å². The predicted octanol–water partition coefficient (Wildman–Crippen LogP) is 4.75. The van der Waals surface area contributed by atoms with Crippen LogP contribution in [0.2, 0.25) is 0 Å². The third kappa shape index (κ3) is 4.17. The second-order valence-corrected chi connectivity index (χ2v) is 6.71. The van der Waals surface area contributed by atoms with Crippen LogP contribution in [0.15, 0.2) is 40.9 Å². The number of aryl methyl sites for hydroxylation is 4. The van der Waals surface area contributed by atoms with Crippen molar-refractivity contribution in [2.45, 2.75) is 34.3 Å². The maximum Gasteiger partial charge on any atom is 0.255 e. The maximum absolute atomic E-state index is 12.6. The van der Waals surface area contributed by atoms with Crippen molar-refractivity contribution in [1.82, 2.24) is 5.16 Å². The van der Waals surface area contributed by atoms with E-state index in [4.69, 9.17) is 14.0 Å². The topological polar surface area (TPSA) is 73.6 Å². The SMILES string of the molecule is COc1cc(C(=O)Nc2ccc(C)c(C)c2)ccc1OCc1c(C)noc1C. The summed E-state index contributed by atoms with van der Waals surface area (Å²) >= 11 is 0. The molecule has 0 radical (unpaired) electrons. The van der Waals surface area contributed by atoms with E-state index in [0.717, 1.165) is 28.3 Å². The first-order valence-corrected chi connectivity index (χ1v) is 9.00. The molecule has 1 N–H and O–H groups in total. The van der Waals surface area contributed by atoms with Crippen molar-refractivity contribution in [3.63, 3.8) is 0 Å². The van der Waals surface area contributed by atoms with E-state index in [0.29, 0.717) is 23.7 Å². The van der Waals surface area contributed by atoms with Crippen LogP contribution in [0.4, 0.5) is 5.69 Å². The van der Waals surface area contributed by atoms with Gasteiger partial charge in [0.25, 0.3) is 5.91 Å². The zero-order valence-corrected chi connectivity index (χ0v) is 16.8. The number of rotatable bonds is 6. The van der Waals surface area contributed by atoms with Crippen LogP contribution in [0.25, 0.3) is 0 Å². The molecule has 0 atom stereocenters. The lowest BCUT2D eigenvalue weighted by Crippen LogP contribution is -2.12. The lowest BCUT2D eigenvalue weighted by Gasteiger charge is -2.13. The van der Waals surface area contributed by atoms with E-state index in [9.17, 15) is 4.79 Å². The van der Waals surface area contributed by atoms with E-state index < -0.39 is 0 Å². The molecule has 0 spiro atoms. The summed E-state index contributed by atoms with van der Waals surface area (Å²) in [4.78, 5) is 12.6. The summed E-state index contributed by atoms with van der Waals surface area (Å²) in [5, 5.41) is 6.83. The second kappa shape index (κ2) is 8.17. The summed E-state index contributed by atoms with van der Waals surface area (Å²) in [5.74, 6) is 1.55. The fourth-order valence-corrected chi connectivity index (χ4v) is 2.81. The highest BCUT2D eigenvalue weighted by Gasteiger charge is 2.14. The smallest absolute Gasteiger partial charge is 0.255 e. The van der Waals surface area contributed by atoms with Gasteiger partial charge in [-0.2, -0.15) is 0 Å². The number of methoxy groups -OCH3 is 1. The normalized spacial score (nSPS) is 10.6. The molecule has 6 heteroatoms. The summed E-state index contributed by atoms with van der Waals surface area (Å²) in [5.41, 5.74) is 5.24. The van der Waals surface area contributed by atoms with E-state index in [1.54, 1.807) is 25.3 Å². The molecular weight excluding hydrogens is 356 g/mol. The average molecular weight is 380 g/mol. The van der Waals surface area contributed by atoms with Crippen LogP contribution in [0.5, 0.6) is 11.5 Å². The molecule has 3 rings (SSSR count). The number of hydrogen-bond donors (Lipinski definition) is 1. The van der Waals surface area contributed by atoms with Crippen molar-refractivity contribution in [2.75, 3.05) is 12.4 Å². The number of hydrogen-bond acceptors (Lipinski definition) is 5. The quantitative estimate of drug-likeness (QED) is 0.668. The van der Waals surface area contributed by atoms with E-state index in [1.807, 2.05) is 45.9 Å². The number of benzene rings is 2. The van der Waals surface area contributed by atoms with Crippen molar-refractivity contribution in [1.29, 1.82) is 0 Å². The number of ether oxygens (including phenoxy) is 2. The minimum absolute atomic E-state index is 0.209. The molecule has 1 amide bonds. The minimum atomic E-state index is -0.209. The number of carbonyl (C=O) groups excluding carboxylic acids is 1. The highest BCUT2D eigenvalue weighted by molar-refractivity contribution is 6.04. The first-order valence-electron chi connectivity index (χ1n) is 9.00. The largest absolute Gasteiger partial charge is 0.493 e. The first-order chi connectivity index (χ1) is 13.4. The molecule has 28 heavy (non-hydrogen) atoms. The van der Waals surface area contributed by atoms with Crippen molar-refractivity contribution in [3.8, 4) is 11.5 Å². The Bertz CT molecular complexity index is 988.